The maximum Gasteiger partial charge on any atom is 0.255 e. The Morgan fingerprint density at radius 1 is 1.12 bits per heavy atom. The molecule has 122 valence electrons. The largest absolute Gasteiger partial charge is 0.351 e. The molecule has 0 bridgehead atoms. The van der Waals surface area contributed by atoms with Gasteiger partial charge in [-0.3, -0.25) is 4.79 Å². The van der Waals surface area contributed by atoms with Gasteiger partial charge in [-0.25, -0.2) is 9.97 Å². The standard InChI is InChI=1S/C16H13Cl2N5O/c17-12-3-1-2-11(14(12)18)16(24)23-8-6-22(7-9-23)15-13(10-19)20-4-5-21-15/h1-5H,6-9H2. The summed E-state index contributed by atoms with van der Waals surface area (Å²) in [5, 5.41) is 9.75. The predicted octanol–water partition coefficient (Wildman–Crippen LogP) is 2.62. The Bertz CT molecular complexity index is 812. The van der Waals surface area contributed by atoms with Gasteiger partial charge in [0.15, 0.2) is 11.5 Å². The summed E-state index contributed by atoms with van der Waals surface area (Å²) in [5.41, 5.74) is 0.685. The molecule has 1 aliphatic heterocycles. The number of nitrogens with zero attached hydrogens (tertiary/aromatic N) is 5. The average molecular weight is 362 g/mol. The Kier molecular flexibility index (Phi) is 4.84. The lowest BCUT2D eigenvalue weighted by atomic mass is 10.1. The first kappa shape index (κ1) is 16.5. The van der Waals surface area contributed by atoms with E-state index < -0.39 is 0 Å². The van der Waals surface area contributed by atoms with E-state index in [2.05, 4.69) is 9.97 Å². The zero-order valence-corrected chi connectivity index (χ0v) is 14.1. The van der Waals surface area contributed by atoms with E-state index in [1.807, 2.05) is 11.0 Å². The Morgan fingerprint density at radius 2 is 1.83 bits per heavy atom. The summed E-state index contributed by atoms with van der Waals surface area (Å²) in [5.74, 6) is 0.398. The van der Waals surface area contributed by atoms with Crippen LogP contribution in [0.25, 0.3) is 0 Å². The predicted molar refractivity (Wildman–Crippen MR) is 91.3 cm³/mol. The Morgan fingerprint density at radius 3 is 2.54 bits per heavy atom. The molecule has 1 saturated heterocycles. The lowest BCUT2D eigenvalue weighted by Gasteiger charge is -2.35. The number of piperazine rings is 1. The van der Waals surface area contributed by atoms with E-state index in [0.29, 0.717) is 42.6 Å². The first-order valence-electron chi connectivity index (χ1n) is 7.31. The fourth-order valence-corrected chi connectivity index (χ4v) is 2.98. The van der Waals surface area contributed by atoms with Gasteiger partial charge < -0.3 is 9.80 Å². The number of hydrogen-bond acceptors (Lipinski definition) is 5. The van der Waals surface area contributed by atoms with Crippen LogP contribution in [0.2, 0.25) is 10.0 Å². The number of nitriles is 1. The smallest absolute Gasteiger partial charge is 0.255 e. The summed E-state index contributed by atoms with van der Waals surface area (Å²) >= 11 is 12.1. The summed E-state index contributed by atoms with van der Waals surface area (Å²) in [4.78, 5) is 24.5. The van der Waals surface area contributed by atoms with Gasteiger partial charge in [0.25, 0.3) is 5.91 Å². The molecule has 0 spiro atoms. The Labute approximate surface area is 149 Å². The number of rotatable bonds is 2. The van der Waals surface area contributed by atoms with Crippen LogP contribution in [0.1, 0.15) is 16.1 Å². The highest BCUT2D eigenvalue weighted by molar-refractivity contribution is 6.43. The molecule has 2 heterocycles. The molecule has 0 saturated carbocycles. The third kappa shape index (κ3) is 3.14. The molecule has 0 unspecified atom stereocenters. The Balaban J connectivity index is 1.72. The van der Waals surface area contributed by atoms with Crippen LogP contribution < -0.4 is 4.90 Å². The molecule has 0 radical (unpaired) electrons. The molecule has 1 aromatic heterocycles. The molecule has 8 heteroatoms. The molecule has 1 aliphatic rings. The van der Waals surface area contributed by atoms with Gasteiger partial charge in [-0.2, -0.15) is 5.26 Å². The van der Waals surface area contributed by atoms with E-state index in [1.54, 1.807) is 29.3 Å². The van der Waals surface area contributed by atoms with Crippen molar-refractivity contribution < 1.29 is 4.79 Å². The molecule has 1 aromatic carbocycles. The monoisotopic (exact) mass is 361 g/mol. The molecule has 1 fully saturated rings. The van der Waals surface area contributed by atoms with Crippen LogP contribution >= 0.6 is 23.2 Å². The van der Waals surface area contributed by atoms with E-state index in [0.717, 1.165) is 0 Å². The normalized spacial score (nSPS) is 14.4. The zero-order valence-electron chi connectivity index (χ0n) is 12.6. The number of halogens is 2. The van der Waals surface area contributed by atoms with Gasteiger partial charge in [-0.1, -0.05) is 29.3 Å². The van der Waals surface area contributed by atoms with Crippen LogP contribution in [-0.4, -0.2) is 47.0 Å². The SMILES string of the molecule is N#Cc1nccnc1N1CCN(C(=O)c2cccc(Cl)c2Cl)CC1. The van der Waals surface area contributed by atoms with Crippen molar-refractivity contribution >= 4 is 34.9 Å². The number of amides is 1. The van der Waals surface area contributed by atoms with E-state index in [1.165, 1.54) is 6.20 Å². The summed E-state index contributed by atoms with van der Waals surface area (Å²) in [6.07, 6.45) is 3.04. The minimum atomic E-state index is -0.151. The first-order chi connectivity index (χ1) is 11.6. The molecule has 3 rings (SSSR count). The second-order valence-electron chi connectivity index (χ2n) is 5.22. The molecule has 2 aromatic rings. The lowest BCUT2D eigenvalue weighted by Crippen LogP contribution is -2.49. The molecule has 1 amide bonds. The van der Waals surface area contributed by atoms with Gasteiger partial charge in [0.2, 0.25) is 0 Å². The van der Waals surface area contributed by atoms with Crippen molar-refractivity contribution in [2.75, 3.05) is 31.1 Å². The number of aromatic nitrogens is 2. The molecule has 6 nitrogen and oxygen atoms in total. The first-order valence-corrected chi connectivity index (χ1v) is 8.06. The van der Waals surface area contributed by atoms with Crippen molar-refractivity contribution in [1.82, 2.24) is 14.9 Å². The molecular weight excluding hydrogens is 349 g/mol. The van der Waals surface area contributed by atoms with Crippen LogP contribution in [0.4, 0.5) is 5.82 Å². The minimum Gasteiger partial charge on any atom is -0.351 e. The van der Waals surface area contributed by atoms with Crippen LogP contribution in [0.15, 0.2) is 30.6 Å². The highest BCUT2D eigenvalue weighted by Crippen LogP contribution is 2.27. The second kappa shape index (κ2) is 7.04. The molecular formula is C16H13Cl2N5O. The molecule has 24 heavy (non-hydrogen) atoms. The maximum absolute atomic E-state index is 12.6. The van der Waals surface area contributed by atoms with Gasteiger partial charge in [0.05, 0.1) is 15.6 Å². The number of benzene rings is 1. The number of anilines is 1. The lowest BCUT2D eigenvalue weighted by molar-refractivity contribution is 0.0746. The number of hydrogen-bond donors (Lipinski definition) is 0. The van der Waals surface area contributed by atoms with Gasteiger partial charge >= 0.3 is 0 Å². The summed E-state index contributed by atoms with van der Waals surface area (Å²) in [6, 6.07) is 7.06. The summed E-state index contributed by atoms with van der Waals surface area (Å²) in [6.45, 7) is 2.14. The van der Waals surface area contributed by atoms with Crippen LogP contribution in [0.5, 0.6) is 0 Å². The van der Waals surface area contributed by atoms with Crippen molar-refractivity contribution in [3.05, 3.63) is 51.9 Å². The third-order valence-electron chi connectivity index (χ3n) is 3.83. The molecule has 0 N–H and O–H groups in total. The van der Waals surface area contributed by atoms with Gasteiger partial charge in [-0.05, 0) is 12.1 Å². The maximum atomic E-state index is 12.6. The summed E-state index contributed by atoms with van der Waals surface area (Å²) < 4.78 is 0. The van der Waals surface area contributed by atoms with Gasteiger partial charge in [0.1, 0.15) is 6.07 Å². The minimum absolute atomic E-state index is 0.151. The van der Waals surface area contributed by atoms with Crippen molar-refractivity contribution in [1.29, 1.82) is 5.26 Å². The third-order valence-corrected chi connectivity index (χ3v) is 4.65. The quantitative estimate of drug-likeness (QED) is 0.821. The van der Waals surface area contributed by atoms with Crippen molar-refractivity contribution in [3.8, 4) is 6.07 Å². The van der Waals surface area contributed by atoms with E-state index in [4.69, 9.17) is 28.5 Å². The van der Waals surface area contributed by atoms with E-state index in [9.17, 15) is 4.79 Å². The second-order valence-corrected chi connectivity index (χ2v) is 6.01. The van der Waals surface area contributed by atoms with Gasteiger partial charge in [0, 0.05) is 38.6 Å². The van der Waals surface area contributed by atoms with Crippen molar-refractivity contribution in [2.24, 2.45) is 0 Å². The van der Waals surface area contributed by atoms with Crippen LogP contribution in [0, 0.1) is 11.3 Å². The number of carbonyl (C=O) groups excluding carboxylic acids is 1. The molecule has 0 aliphatic carbocycles. The topological polar surface area (TPSA) is 73.1 Å². The highest BCUT2D eigenvalue weighted by Gasteiger charge is 2.26. The Hall–Kier alpha value is -2.36. The van der Waals surface area contributed by atoms with E-state index in [-0.39, 0.29) is 16.6 Å². The van der Waals surface area contributed by atoms with Crippen molar-refractivity contribution in [2.45, 2.75) is 0 Å². The van der Waals surface area contributed by atoms with Crippen LogP contribution in [0.3, 0.4) is 0 Å². The fraction of sp³-hybridized carbons (Fsp3) is 0.250. The highest BCUT2D eigenvalue weighted by atomic mass is 35.5. The zero-order chi connectivity index (χ0) is 17.1. The van der Waals surface area contributed by atoms with Gasteiger partial charge in [-0.15, -0.1) is 0 Å². The average Bonchev–Trinajstić information content (AvgIpc) is 2.63. The molecule has 0 atom stereocenters. The van der Waals surface area contributed by atoms with E-state index >= 15 is 0 Å². The summed E-state index contributed by atoms with van der Waals surface area (Å²) in [7, 11) is 0. The fourth-order valence-electron chi connectivity index (χ4n) is 2.60. The van der Waals surface area contributed by atoms with Crippen LogP contribution in [-0.2, 0) is 0 Å². The van der Waals surface area contributed by atoms with Crippen molar-refractivity contribution in [3.63, 3.8) is 0 Å². The number of carbonyl (C=O) groups is 1.